The molecule has 0 saturated carbocycles. The van der Waals surface area contributed by atoms with Gasteiger partial charge in [0.2, 0.25) is 21.8 Å². The predicted octanol–water partition coefficient (Wildman–Crippen LogP) is 2.39. The maximum absolute atomic E-state index is 13.5. The molecule has 0 radical (unpaired) electrons. The Kier molecular flexibility index (Phi) is 10.4. The third-order valence-electron chi connectivity index (χ3n) is 5.93. The van der Waals surface area contributed by atoms with E-state index in [-0.39, 0.29) is 47.4 Å². The molecule has 2 aromatic carbocycles. The fourth-order valence-corrected chi connectivity index (χ4v) is 5.36. The number of carbonyl (C=O) groups excluding carboxylic acids is 2. The van der Waals surface area contributed by atoms with Crippen molar-refractivity contribution >= 4 is 40.1 Å². The minimum absolute atomic E-state index is 0. The number of sulfonamides is 1. The molecule has 3 rings (SSSR count). The van der Waals surface area contributed by atoms with Gasteiger partial charge in [0.1, 0.15) is 17.9 Å². The molecule has 1 aliphatic rings. The van der Waals surface area contributed by atoms with Crippen LogP contribution in [-0.2, 0) is 26.2 Å². The highest BCUT2D eigenvalue weighted by atomic mass is 35.5. The summed E-state index contributed by atoms with van der Waals surface area (Å²) >= 11 is 0. The Hall–Kier alpha value is -2.95. The van der Waals surface area contributed by atoms with Crippen LogP contribution in [0.15, 0.2) is 59.5 Å². The van der Waals surface area contributed by atoms with Gasteiger partial charge in [-0.2, -0.15) is 4.72 Å². The number of benzene rings is 2. The minimum Gasteiger partial charge on any atom is -0.384 e. The molecule has 2 aromatic rings. The van der Waals surface area contributed by atoms with Gasteiger partial charge in [-0.05, 0) is 42.9 Å². The van der Waals surface area contributed by atoms with Gasteiger partial charge in [-0.25, -0.2) is 8.42 Å². The molecule has 36 heavy (non-hydrogen) atoms. The average molecular weight is 536 g/mol. The second-order valence-electron chi connectivity index (χ2n) is 9.13. The van der Waals surface area contributed by atoms with Crippen LogP contribution in [0.1, 0.15) is 44.2 Å². The maximum Gasteiger partial charge on any atom is 0.243 e. The number of nitrogens with one attached hydrogen (secondary N) is 3. The summed E-state index contributed by atoms with van der Waals surface area (Å²) in [7, 11) is -3.90. The molecule has 1 fully saturated rings. The molecule has 9 nitrogen and oxygen atoms in total. The Labute approximate surface area is 218 Å². The summed E-state index contributed by atoms with van der Waals surface area (Å²) in [6, 6.07) is 13.3. The molecule has 11 heteroatoms. The fraction of sp³-hybridized carbons (Fsp3) is 0.400. The maximum atomic E-state index is 13.5. The largest absolute Gasteiger partial charge is 0.384 e. The molecule has 0 aromatic heterocycles. The minimum atomic E-state index is -3.90. The first kappa shape index (κ1) is 29.3. The highest BCUT2D eigenvalue weighted by Gasteiger charge is 2.38. The zero-order valence-corrected chi connectivity index (χ0v) is 22.1. The van der Waals surface area contributed by atoms with E-state index in [1.807, 2.05) is 13.8 Å². The molecule has 0 bridgehead atoms. The van der Waals surface area contributed by atoms with Crippen molar-refractivity contribution in [3.05, 3.63) is 65.7 Å². The lowest BCUT2D eigenvalue weighted by Gasteiger charge is -2.29. The third-order valence-corrected chi connectivity index (χ3v) is 7.41. The van der Waals surface area contributed by atoms with Gasteiger partial charge in [0, 0.05) is 18.7 Å². The molecular weight excluding hydrogens is 502 g/mol. The second kappa shape index (κ2) is 12.8. The Morgan fingerprint density at radius 2 is 1.75 bits per heavy atom. The van der Waals surface area contributed by atoms with Gasteiger partial charge in [0.05, 0.1) is 4.90 Å². The van der Waals surface area contributed by atoms with Crippen molar-refractivity contribution in [2.45, 2.75) is 56.6 Å². The number of nitrogens with zero attached hydrogens (tertiary/aromatic N) is 1. The number of halogens is 1. The quantitative estimate of drug-likeness (QED) is 0.272. The number of nitrogens with two attached hydrogens (primary N) is 1. The molecule has 2 atom stereocenters. The van der Waals surface area contributed by atoms with E-state index in [9.17, 15) is 18.0 Å². The monoisotopic (exact) mass is 535 g/mol. The van der Waals surface area contributed by atoms with Crippen molar-refractivity contribution < 1.29 is 18.0 Å². The Bertz CT molecular complexity index is 1160. The van der Waals surface area contributed by atoms with E-state index >= 15 is 0 Å². The number of nitrogen functional groups attached to an aromatic ring is 1. The van der Waals surface area contributed by atoms with Crippen LogP contribution < -0.4 is 15.8 Å². The summed E-state index contributed by atoms with van der Waals surface area (Å²) < 4.78 is 28.4. The van der Waals surface area contributed by atoms with Crippen molar-refractivity contribution in [1.82, 2.24) is 14.9 Å². The van der Waals surface area contributed by atoms with Crippen LogP contribution in [-0.4, -0.2) is 49.6 Å². The molecule has 2 amide bonds. The Balaban J connectivity index is 0.00000456. The van der Waals surface area contributed by atoms with Gasteiger partial charge in [0.25, 0.3) is 0 Å². The van der Waals surface area contributed by atoms with E-state index in [0.717, 1.165) is 5.56 Å². The van der Waals surface area contributed by atoms with E-state index < -0.39 is 22.1 Å². The highest BCUT2D eigenvalue weighted by molar-refractivity contribution is 7.89. The van der Waals surface area contributed by atoms with Crippen LogP contribution >= 0.6 is 12.4 Å². The van der Waals surface area contributed by atoms with Crippen molar-refractivity contribution in [2.75, 3.05) is 6.54 Å². The third kappa shape index (κ3) is 7.52. The molecule has 1 aliphatic heterocycles. The topological polar surface area (TPSA) is 145 Å². The van der Waals surface area contributed by atoms with Gasteiger partial charge in [0.15, 0.2) is 0 Å². The van der Waals surface area contributed by atoms with Gasteiger partial charge >= 0.3 is 0 Å². The number of rotatable bonds is 10. The summed E-state index contributed by atoms with van der Waals surface area (Å²) in [5, 5.41) is 10.3. The lowest BCUT2D eigenvalue weighted by molar-refractivity contribution is -0.140. The van der Waals surface area contributed by atoms with Gasteiger partial charge < -0.3 is 16.0 Å². The van der Waals surface area contributed by atoms with Crippen LogP contribution in [0.5, 0.6) is 0 Å². The predicted molar refractivity (Wildman–Crippen MR) is 141 cm³/mol. The first-order valence-electron chi connectivity index (χ1n) is 11.7. The van der Waals surface area contributed by atoms with Gasteiger partial charge in [-0.15, -0.1) is 12.4 Å². The number of hydrogen-bond acceptors (Lipinski definition) is 5. The lowest BCUT2D eigenvalue weighted by Crippen LogP contribution is -2.53. The van der Waals surface area contributed by atoms with Gasteiger partial charge in [-0.3, -0.25) is 15.0 Å². The smallest absolute Gasteiger partial charge is 0.243 e. The molecule has 1 heterocycles. The van der Waals surface area contributed by atoms with Crippen LogP contribution in [0.3, 0.4) is 0 Å². The van der Waals surface area contributed by atoms with Crippen LogP contribution in [0, 0.1) is 11.3 Å². The molecule has 0 aliphatic carbocycles. The van der Waals surface area contributed by atoms with E-state index in [1.54, 1.807) is 42.5 Å². The first-order valence-corrected chi connectivity index (χ1v) is 13.2. The van der Waals surface area contributed by atoms with E-state index in [1.165, 1.54) is 17.0 Å². The molecular formula is C25H34ClN5O4S. The Morgan fingerprint density at radius 3 is 2.33 bits per heavy atom. The molecule has 1 saturated heterocycles. The summed E-state index contributed by atoms with van der Waals surface area (Å²) in [5.74, 6) is -0.628. The van der Waals surface area contributed by atoms with Crippen molar-refractivity contribution in [1.29, 1.82) is 5.41 Å². The van der Waals surface area contributed by atoms with Crippen LogP contribution in [0.2, 0.25) is 0 Å². The highest BCUT2D eigenvalue weighted by Crippen LogP contribution is 2.22. The molecule has 5 N–H and O–H groups in total. The first-order chi connectivity index (χ1) is 16.6. The number of amidine groups is 1. The van der Waals surface area contributed by atoms with Crippen molar-refractivity contribution in [3.63, 3.8) is 0 Å². The number of hydrogen-bond donors (Lipinski definition) is 4. The average Bonchev–Trinajstić information content (AvgIpc) is 3.32. The fourth-order valence-electron chi connectivity index (χ4n) is 4.14. The second-order valence-corrected chi connectivity index (χ2v) is 10.8. The number of carbonyl (C=O) groups is 2. The van der Waals surface area contributed by atoms with Gasteiger partial charge in [-0.1, -0.05) is 56.3 Å². The molecule has 0 spiro atoms. The van der Waals surface area contributed by atoms with E-state index in [0.29, 0.717) is 31.4 Å². The standard InChI is InChI=1S/C25H33N5O4S.ClH/c1-17(2)15-21(29-35(33,34)20-7-4-3-5-8-20)25(32)30-14-6-9-22(30)24(31)28-16-18-10-12-19(13-11-18)23(26)27;/h3-5,7-8,10-13,17,21-22,29H,6,9,14-16H2,1-2H3,(H3,26,27)(H,28,31);1H/t21-,22+;/m1./s1. The SMILES string of the molecule is CC(C)C[C@@H](NS(=O)(=O)c1ccccc1)C(=O)N1CCC[C@H]1C(=O)NCc1ccc(C(=N)N)cc1.Cl. The van der Waals surface area contributed by atoms with E-state index in [2.05, 4.69) is 10.0 Å². The Morgan fingerprint density at radius 1 is 1.11 bits per heavy atom. The molecule has 196 valence electrons. The summed E-state index contributed by atoms with van der Waals surface area (Å²) in [4.78, 5) is 28.0. The van der Waals surface area contributed by atoms with Crippen molar-refractivity contribution in [3.8, 4) is 0 Å². The normalized spacial score (nSPS) is 16.3. The zero-order chi connectivity index (χ0) is 25.6. The van der Waals surface area contributed by atoms with E-state index in [4.69, 9.17) is 11.1 Å². The number of likely N-dealkylation sites (tertiary alicyclic amines) is 1. The summed E-state index contributed by atoms with van der Waals surface area (Å²) in [5.41, 5.74) is 6.91. The summed E-state index contributed by atoms with van der Waals surface area (Å²) in [6.07, 6.45) is 1.50. The lowest BCUT2D eigenvalue weighted by atomic mass is 10.0. The van der Waals surface area contributed by atoms with Crippen LogP contribution in [0.4, 0.5) is 0 Å². The molecule has 0 unspecified atom stereocenters. The van der Waals surface area contributed by atoms with Crippen LogP contribution in [0.25, 0.3) is 0 Å². The number of amides is 2. The zero-order valence-electron chi connectivity index (χ0n) is 20.4. The summed E-state index contributed by atoms with van der Waals surface area (Å²) in [6.45, 7) is 4.50. The van der Waals surface area contributed by atoms with Crippen molar-refractivity contribution in [2.24, 2.45) is 11.7 Å².